The number of urea groups is 2. The minimum atomic E-state index is -0.442. The Morgan fingerprint density at radius 3 is 2.48 bits per heavy atom. The van der Waals surface area contributed by atoms with Gasteiger partial charge in [-0.2, -0.15) is 0 Å². The lowest BCUT2D eigenvalue weighted by Crippen LogP contribution is -2.52. The Bertz CT molecular complexity index is 1170. The van der Waals surface area contributed by atoms with Gasteiger partial charge >= 0.3 is 12.1 Å². The number of nitrogens with zero attached hydrogens (tertiary/aromatic N) is 2. The van der Waals surface area contributed by atoms with Crippen LogP contribution in [0, 0.1) is 5.92 Å². The molecule has 216 valence electrons. The maximum absolute atomic E-state index is 13.7. The second-order valence-electron chi connectivity index (χ2n) is 10.9. The summed E-state index contributed by atoms with van der Waals surface area (Å²) >= 11 is 0. The molecule has 1 fully saturated rings. The minimum Gasteiger partial charge on any atom is -0.487 e. The average Bonchev–Trinajstić information content (AvgIpc) is 2.95. The van der Waals surface area contributed by atoms with Gasteiger partial charge in [0.25, 0.3) is 5.91 Å². The summed E-state index contributed by atoms with van der Waals surface area (Å²) in [4.78, 5) is 42.5. The summed E-state index contributed by atoms with van der Waals surface area (Å²) in [5, 5.41) is 18.6. The molecule has 0 radical (unpaired) electrons. The lowest BCUT2D eigenvalue weighted by Gasteiger charge is -2.38. The molecule has 40 heavy (non-hydrogen) atoms. The number of ether oxygens (including phenoxy) is 1. The van der Waals surface area contributed by atoms with Gasteiger partial charge in [0.05, 0.1) is 24.8 Å². The van der Waals surface area contributed by atoms with Crippen molar-refractivity contribution in [1.29, 1.82) is 0 Å². The molecule has 1 aliphatic heterocycles. The third-order valence-electron chi connectivity index (χ3n) is 7.69. The van der Waals surface area contributed by atoms with Gasteiger partial charge in [0, 0.05) is 36.9 Å². The van der Waals surface area contributed by atoms with Crippen LogP contribution in [0.5, 0.6) is 5.75 Å². The second-order valence-corrected chi connectivity index (χ2v) is 10.9. The maximum atomic E-state index is 13.7. The number of anilines is 2. The molecule has 5 amide bonds. The number of carbonyl (C=O) groups excluding carboxylic acids is 3. The predicted molar refractivity (Wildman–Crippen MR) is 155 cm³/mol. The van der Waals surface area contributed by atoms with Crippen LogP contribution in [0.25, 0.3) is 0 Å². The van der Waals surface area contributed by atoms with Crippen molar-refractivity contribution in [2.45, 2.75) is 64.1 Å². The third-order valence-corrected chi connectivity index (χ3v) is 7.69. The molecule has 10 heteroatoms. The third kappa shape index (κ3) is 7.44. The summed E-state index contributed by atoms with van der Waals surface area (Å²) < 4.78 is 6.39. The molecule has 1 heterocycles. The SMILES string of the molecule is C[C@@H]1CN([C@H](C)CO)C(=O)c2cc(NC(=O)Nc3ccccc3)ccc2O[C@H]1CN(C)C(=O)NC1CCCCC1. The van der Waals surface area contributed by atoms with E-state index in [0.717, 1.165) is 25.7 Å². The van der Waals surface area contributed by atoms with Crippen molar-refractivity contribution in [3.63, 3.8) is 0 Å². The summed E-state index contributed by atoms with van der Waals surface area (Å²) in [6.45, 7) is 4.25. The van der Waals surface area contributed by atoms with Crippen molar-refractivity contribution in [2.24, 2.45) is 5.92 Å². The number of aliphatic hydroxyl groups is 1. The van der Waals surface area contributed by atoms with E-state index in [1.54, 1.807) is 54.1 Å². The monoisotopic (exact) mass is 551 g/mol. The molecule has 0 aromatic heterocycles. The van der Waals surface area contributed by atoms with Crippen molar-refractivity contribution < 1.29 is 24.2 Å². The zero-order chi connectivity index (χ0) is 28.6. The first-order chi connectivity index (χ1) is 19.2. The second kappa shape index (κ2) is 13.5. The van der Waals surface area contributed by atoms with Crippen LogP contribution < -0.4 is 20.7 Å². The first-order valence-corrected chi connectivity index (χ1v) is 14.1. The van der Waals surface area contributed by atoms with Crippen molar-refractivity contribution >= 4 is 29.3 Å². The van der Waals surface area contributed by atoms with E-state index in [4.69, 9.17) is 4.74 Å². The van der Waals surface area contributed by atoms with E-state index in [2.05, 4.69) is 16.0 Å². The van der Waals surface area contributed by atoms with Crippen LogP contribution in [-0.2, 0) is 0 Å². The summed E-state index contributed by atoms with van der Waals surface area (Å²) in [7, 11) is 1.76. The van der Waals surface area contributed by atoms with Crippen molar-refractivity contribution in [3.8, 4) is 5.75 Å². The highest BCUT2D eigenvalue weighted by Gasteiger charge is 2.34. The molecule has 1 saturated carbocycles. The van der Waals surface area contributed by atoms with Gasteiger partial charge in [-0.25, -0.2) is 9.59 Å². The maximum Gasteiger partial charge on any atom is 0.323 e. The molecular formula is C30H41N5O5. The number of likely N-dealkylation sites (N-methyl/N-ethyl adjacent to an activating group) is 1. The zero-order valence-electron chi connectivity index (χ0n) is 23.6. The molecule has 1 aliphatic carbocycles. The molecule has 2 aliphatic rings. The van der Waals surface area contributed by atoms with E-state index in [0.29, 0.717) is 30.2 Å². The first-order valence-electron chi connectivity index (χ1n) is 14.1. The highest BCUT2D eigenvalue weighted by molar-refractivity contribution is 6.02. The Balaban J connectivity index is 1.53. The number of rotatable bonds is 7. The normalized spacial score (nSPS) is 20.3. The van der Waals surface area contributed by atoms with Crippen LogP contribution in [0.3, 0.4) is 0 Å². The van der Waals surface area contributed by atoms with E-state index in [9.17, 15) is 19.5 Å². The molecular weight excluding hydrogens is 510 g/mol. The van der Waals surface area contributed by atoms with Crippen LogP contribution in [-0.4, -0.2) is 77.8 Å². The van der Waals surface area contributed by atoms with Crippen LogP contribution in [0.15, 0.2) is 48.5 Å². The summed E-state index contributed by atoms with van der Waals surface area (Å²) in [5.41, 5.74) is 1.35. The van der Waals surface area contributed by atoms with E-state index >= 15 is 0 Å². The Kier molecular flexibility index (Phi) is 9.87. The predicted octanol–water partition coefficient (Wildman–Crippen LogP) is 4.52. The van der Waals surface area contributed by atoms with Gasteiger partial charge in [-0.3, -0.25) is 4.79 Å². The highest BCUT2D eigenvalue weighted by Crippen LogP contribution is 2.31. The largest absolute Gasteiger partial charge is 0.487 e. The van der Waals surface area contributed by atoms with Crippen LogP contribution in [0.4, 0.5) is 21.0 Å². The van der Waals surface area contributed by atoms with Crippen molar-refractivity contribution in [1.82, 2.24) is 15.1 Å². The van der Waals surface area contributed by atoms with Gasteiger partial charge in [-0.15, -0.1) is 0 Å². The molecule has 0 saturated heterocycles. The number of hydrogen-bond acceptors (Lipinski definition) is 5. The lowest BCUT2D eigenvalue weighted by molar-refractivity contribution is 0.0366. The molecule has 0 bridgehead atoms. The van der Waals surface area contributed by atoms with E-state index < -0.39 is 18.2 Å². The van der Waals surface area contributed by atoms with Gasteiger partial charge in [0.15, 0.2) is 0 Å². The number of benzene rings is 2. The van der Waals surface area contributed by atoms with Gasteiger partial charge in [-0.1, -0.05) is 44.4 Å². The fraction of sp³-hybridized carbons (Fsp3) is 0.500. The molecule has 10 nitrogen and oxygen atoms in total. The molecule has 4 rings (SSSR count). The number of aliphatic hydroxyl groups excluding tert-OH is 1. The van der Waals surface area contributed by atoms with Crippen LogP contribution in [0.2, 0.25) is 0 Å². The Morgan fingerprint density at radius 1 is 1.07 bits per heavy atom. The van der Waals surface area contributed by atoms with E-state index in [1.165, 1.54) is 6.42 Å². The van der Waals surface area contributed by atoms with Gasteiger partial charge in [0.2, 0.25) is 0 Å². The number of carbonyl (C=O) groups is 3. The van der Waals surface area contributed by atoms with Gasteiger partial charge < -0.3 is 35.6 Å². The summed E-state index contributed by atoms with van der Waals surface area (Å²) in [5.74, 6) is -0.0466. The van der Waals surface area contributed by atoms with Crippen LogP contribution >= 0.6 is 0 Å². The molecule has 0 spiro atoms. The number of fused-ring (bicyclic) bond motifs is 1. The van der Waals surface area contributed by atoms with Gasteiger partial charge in [-0.05, 0) is 50.1 Å². The first kappa shape index (κ1) is 29.2. The van der Waals surface area contributed by atoms with Crippen LogP contribution in [0.1, 0.15) is 56.3 Å². The number of hydrogen-bond donors (Lipinski definition) is 4. The fourth-order valence-corrected chi connectivity index (χ4v) is 5.22. The smallest absolute Gasteiger partial charge is 0.323 e. The Morgan fingerprint density at radius 2 is 1.77 bits per heavy atom. The minimum absolute atomic E-state index is 0.120. The quantitative estimate of drug-likeness (QED) is 0.403. The molecule has 2 aromatic rings. The topological polar surface area (TPSA) is 123 Å². The van der Waals surface area contributed by atoms with E-state index in [1.807, 2.05) is 25.1 Å². The molecule has 3 atom stereocenters. The Hall–Kier alpha value is -3.79. The molecule has 2 aromatic carbocycles. The molecule has 0 unspecified atom stereocenters. The van der Waals surface area contributed by atoms with Crippen molar-refractivity contribution in [3.05, 3.63) is 54.1 Å². The lowest BCUT2D eigenvalue weighted by atomic mass is 9.96. The zero-order valence-corrected chi connectivity index (χ0v) is 23.6. The molecule has 4 N–H and O–H groups in total. The summed E-state index contributed by atoms with van der Waals surface area (Å²) in [6.07, 6.45) is 5.07. The van der Waals surface area contributed by atoms with Crippen molar-refractivity contribution in [2.75, 3.05) is 37.4 Å². The Labute approximate surface area is 236 Å². The highest BCUT2D eigenvalue weighted by atomic mass is 16.5. The average molecular weight is 552 g/mol. The summed E-state index contributed by atoms with van der Waals surface area (Å²) in [6, 6.07) is 13.2. The standard InChI is InChI=1S/C30H41N5O5/c1-20-17-35(21(2)19-36)28(37)25-16-24(32-29(38)31-22-10-6-4-7-11-22)14-15-26(25)40-27(20)18-34(3)30(39)33-23-12-8-5-9-13-23/h4,6-7,10-11,14-16,20-21,23,27,36H,5,8-9,12-13,17-19H2,1-3H3,(H,33,39)(H2,31,32,38)/t20-,21-,27+/m1/s1. The number of amides is 5. The van der Waals surface area contributed by atoms with Gasteiger partial charge in [0.1, 0.15) is 11.9 Å². The van der Waals surface area contributed by atoms with E-state index in [-0.39, 0.29) is 36.1 Å². The number of para-hydroxylation sites is 1. The fourth-order valence-electron chi connectivity index (χ4n) is 5.22. The number of nitrogens with one attached hydrogen (secondary N) is 3.